The van der Waals surface area contributed by atoms with Crippen molar-refractivity contribution in [2.45, 2.75) is 46.7 Å². The van der Waals surface area contributed by atoms with Crippen LogP contribution in [0.3, 0.4) is 0 Å². The van der Waals surface area contributed by atoms with Crippen molar-refractivity contribution in [1.82, 2.24) is 5.32 Å². The van der Waals surface area contributed by atoms with Crippen molar-refractivity contribution in [2.75, 3.05) is 0 Å². The number of nitrogens with one attached hydrogen (secondary N) is 1. The lowest BCUT2D eigenvalue weighted by Crippen LogP contribution is -2.26. The van der Waals surface area contributed by atoms with Crippen LogP contribution in [0.5, 0.6) is 0 Å². The fourth-order valence-corrected chi connectivity index (χ4v) is 2.15. The molecule has 0 aliphatic rings. The van der Waals surface area contributed by atoms with Crippen LogP contribution in [0.4, 0.5) is 0 Å². The molecule has 0 radical (unpaired) electrons. The second-order valence-corrected chi connectivity index (χ2v) is 5.85. The van der Waals surface area contributed by atoms with Gasteiger partial charge in [0.15, 0.2) is 0 Å². The molecule has 1 rings (SSSR count). The number of aryl methyl sites for hydroxylation is 1. The lowest BCUT2D eigenvalue weighted by atomic mass is 10.0. The van der Waals surface area contributed by atoms with E-state index in [9.17, 15) is 0 Å². The van der Waals surface area contributed by atoms with E-state index < -0.39 is 0 Å². The minimum absolute atomic E-state index is 0.587. The van der Waals surface area contributed by atoms with Gasteiger partial charge >= 0.3 is 0 Å². The second kappa shape index (κ2) is 6.41. The summed E-state index contributed by atoms with van der Waals surface area (Å²) in [5.41, 5.74) is 2.66. The van der Waals surface area contributed by atoms with E-state index in [0.29, 0.717) is 6.04 Å². The molecule has 0 fully saturated rings. The van der Waals surface area contributed by atoms with Gasteiger partial charge in [0, 0.05) is 17.1 Å². The predicted octanol–water partition coefficient (Wildman–Crippen LogP) is 4.28. The quantitative estimate of drug-likeness (QED) is 0.851. The van der Waals surface area contributed by atoms with Crippen LogP contribution in [0.25, 0.3) is 0 Å². The monoisotopic (exact) mass is 283 g/mol. The van der Waals surface area contributed by atoms with E-state index >= 15 is 0 Å². The third kappa shape index (κ3) is 4.67. The molecule has 1 unspecified atom stereocenters. The fraction of sp³-hybridized carbons (Fsp3) is 0.571. The Morgan fingerprint density at radius 2 is 1.94 bits per heavy atom. The van der Waals surface area contributed by atoms with Crippen molar-refractivity contribution in [1.29, 1.82) is 0 Å². The molecule has 16 heavy (non-hydrogen) atoms. The van der Waals surface area contributed by atoms with Gasteiger partial charge in [0.25, 0.3) is 0 Å². The zero-order valence-electron chi connectivity index (χ0n) is 10.7. The van der Waals surface area contributed by atoms with Gasteiger partial charge in [0.05, 0.1) is 0 Å². The van der Waals surface area contributed by atoms with Crippen LogP contribution >= 0.6 is 15.9 Å². The van der Waals surface area contributed by atoms with Gasteiger partial charge in [-0.3, -0.25) is 0 Å². The maximum Gasteiger partial charge on any atom is 0.0208 e. The summed E-state index contributed by atoms with van der Waals surface area (Å²) in [5, 5.41) is 3.56. The van der Waals surface area contributed by atoms with E-state index in [4.69, 9.17) is 0 Å². The topological polar surface area (TPSA) is 12.0 Å². The predicted molar refractivity (Wildman–Crippen MR) is 74.6 cm³/mol. The van der Waals surface area contributed by atoms with Gasteiger partial charge in [-0.25, -0.2) is 0 Å². The molecule has 0 aliphatic carbocycles. The Balaban J connectivity index is 2.45. The van der Waals surface area contributed by atoms with Crippen molar-refractivity contribution in [3.05, 3.63) is 33.8 Å². The summed E-state index contributed by atoms with van der Waals surface area (Å²) in [6, 6.07) is 7.12. The van der Waals surface area contributed by atoms with Gasteiger partial charge in [0.2, 0.25) is 0 Å². The highest BCUT2D eigenvalue weighted by atomic mass is 79.9. The molecule has 0 amide bonds. The first-order valence-corrected chi connectivity index (χ1v) is 6.76. The number of halogens is 1. The summed E-state index contributed by atoms with van der Waals surface area (Å²) in [6.45, 7) is 9.88. The first-order valence-electron chi connectivity index (χ1n) is 5.97. The molecule has 0 aromatic heterocycles. The molecule has 1 N–H and O–H groups in total. The molecule has 1 nitrogen and oxygen atoms in total. The highest BCUT2D eigenvalue weighted by Gasteiger charge is 2.04. The van der Waals surface area contributed by atoms with Crippen LogP contribution in [0, 0.1) is 12.8 Å². The van der Waals surface area contributed by atoms with Crippen molar-refractivity contribution < 1.29 is 0 Å². The largest absolute Gasteiger partial charge is 0.310 e. The van der Waals surface area contributed by atoms with Crippen molar-refractivity contribution in [2.24, 2.45) is 5.92 Å². The van der Waals surface area contributed by atoms with Crippen molar-refractivity contribution in [3.8, 4) is 0 Å². The summed E-state index contributed by atoms with van der Waals surface area (Å²) < 4.78 is 1.19. The lowest BCUT2D eigenvalue weighted by Gasteiger charge is -2.16. The van der Waals surface area contributed by atoms with Crippen molar-refractivity contribution >= 4 is 15.9 Å². The molecular formula is C14H22BrN. The standard InChI is InChI=1S/C14H22BrN/c1-10(2)7-12(4)16-9-13-5-6-14(15)11(3)8-13/h5-6,8,10,12,16H,7,9H2,1-4H3. The first-order chi connectivity index (χ1) is 7.49. The maximum atomic E-state index is 3.56. The van der Waals surface area contributed by atoms with E-state index in [2.05, 4.69) is 67.1 Å². The van der Waals surface area contributed by atoms with Gasteiger partial charge in [-0.2, -0.15) is 0 Å². The van der Waals surface area contributed by atoms with E-state index in [-0.39, 0.29) is 0 Å². The van der Waals surface area contributed by atoms with Crippen LogP contribution in [0.2, 0.25) is 0 Å². The third-order valence-electron chi connectivity index (χ3n) is 2.70. The molecule has 0 spiro atoms. The Morgan fingerprint density at radius 1 is 1.25 bits per heavy atom. The summed E-state index contributed by atoms with van der Waals surface area (Å²) >= 11 is 3.52. The Bertz CT molecular complexity index is 334. The normalized spacial score (nSPS) is 13.1. The Hall–Kier alpha value is -0.340. The van der Waals surface area contributed by atoms with Gasteiger partial charge in [-0.05, 0) is 43.4 Å². The molecule has 0 aliphatic heterocycles. The summed E-state index contributed by atoms with van der Waals surface area (Å²) in [5.74, 6) is 0.758. The molecule has 1 atom stereocenters. The number of hydrogen-bond donors (Lipinski definition) is 1. The van der Waals surface area contributed by atoms with E-state index in [1.807, 2.05) is 0 Å². The highest BCUT2D eigenvalue weighted by Crippen LogP contribution is 2.17. The van der Waals surface area contributed by atoms with Crippen LogP contribution in [0.15, 0.2) is 22.7 Å². The average molecular weight is 284 g/mol. The van der Waals surface area contributed by atoms with Gasteiger partial charge < -0.3 is 5.32 Å². The minimum Gasteiger partial charge on any atom is -0.310 e. The van der Waals surface area contributed by atoms with Crippen LogP contribution < -0.4 is 5.32 Å². The summed E-state index contributed by atoms with van der Waals surface area (Å²) in [7, 11) is 0. The van der Waals surface area contributed by atoms with E-state index in [1.165, 1.54) is 22.0 Å². The molecule has 0 saturated carbocycles. The number of hydrogen-bond acceptors (Lipinski definition) is 1. The van der Waals surface area contributed by atoms with Gasteiger partial charge in [-0.1, -0.05) is 41.9 Å². The second-order valence-electron chi connectivity index (χ2n) is 5.00. The molecule has 0 saturated heterocycles. The number of rotatable bonds is 5. The van der Waals surface area contributed by atoms with Crippen LogP contribution in [-0.2, 0) is 6.54 Å². The highest BCUT2D eigenvalue weighted by molar-refractivity contribution is 9.10. The Morgan fingerprint density at radius 3 is 2.50 bits per heavy atom. The van der Waals surface area contributed by atoms with Crippen LogP contribution in [0.1, 0.15) is 38.3 Å². The third-order valence-corrected chi connectivity index (χ3v) is 3.59. The minimum atomic E-state index is 0.587. The Kier molecular flexibility index (Phi) is 5.50. The zero-order valence-corrected chi connectivity index (χ0v) is 12.3. The molecule has 0 bridgehead atoms. The van der Waals surface area contributed by atoms with Crippen molar-refractivity contribution in [3.63, 3.8) is 0 Å². The van der Waals surface area contributed by atoms with Crippen LogP contribution in [-0.4, -0.2) is 6.04 Å². The molecule has 90 valence electrons. The fourth-order valence-electron chi connectivity index (χ4n) is 1.90. The average Bonchev–Trinajstić information content (AvgIpc) is 2.19. The van der Waals surface area contributed by atoms with Gasteiger partial charge in [-0.15, -0.1) is 0 Å². The lowest BCUT2D eigenvalue weighted by molar-refractivity contribution is 0.441. The molecule has 0 heterocycles. The summed E-state index contributed by atoms with van der Waals surface area (Å²) in [6.07, 6.45) is 1.23. The van der Waals surface area contributed by atoms with E-state index in [0.717, 1.165) is 12.5 Å². The Labute approximate surface area is 108 Å². The smallest absolute Gasteiger partial charge is 0.0208 e. The molecule has 1 aromatic carbocycles. The summed E-state index contributed by atoms with van der Waals surface area (Å²) in [4.78, 5) is 0. The maximum absolute atomic E-state index is 3.56. The molecule has 2 heteroatoms. The number of benzene rings is 1. The zero-order chi connectivity index (χ0) is 12.1. The van der Waals surface area contributed by atoms with Gasteiger partial charge in [0.1, 0.15) is 0 Å². The SMILES string of the molecule is Cc1cc(CNC(C)CC(C)C)ccc1Br. The molecular weight excluding hydrogens is 262 g/mol. The first kappa shape index (κ1) is 13.7. The van der Waals surface area contributed by atoms with E-state index in [1.54, 1.807) is 0 Å². The molecule has 1 aromatic rings.